The number of hydrogen-bond donors (Lipinski definition) is 0. The predicted molar refractivity (Wildman–Crippen MR) is 164 cm³/mol. The molecule has 0 radical (unpaired) electrons. The molecular weight excluding hydrogens is 602 g/mol. The van der Waals surface area contributed by atoms with Crippen LogP contribution in [0.1, 0.15) is 21.5 Å². The van der Waals surface area contributed by atoms with Crippen molar-refractivity contribution < 1.29 is 23.7 Å². The average molecular weight is 628 g/mol. The molecule has 0 N–H and O–H groups in total. The van der Waals surface area contributed by atoms with E-state index in [1.54, 1.807) is 66.7 Å². The van der Waals surface area contributed by atoms with Crippen molar-refractivity contribution in [2.24, 2.45) is 5.10 Å². The number of benzene rings is 4. The number of nitrogens with zero attached hydrogens (tertiary/aromatic N) is 3. The van der Waals surface area contributed by atoms with Crippen LogP contribution in [0.5, 0.6) is 23.0 Å². The number of hydrogen-bond acceptors (Lipinski definition) is 8. The molecule has 0 atom stereocenters. The molecule has 5 aromatic rings. The van der Waals surface area contributed by atoms with Gasteiger partial charge >= 0.3 is 5.97 Å². The third-order valence-electron chi connectivity index (χ3n) is 6.45. The van der Waals surface area contributed by atoms with E-state index >= 15 is 0 Å². The predicted octanol–water partition coefficient (Wildman–Crippen LogP) is 6.26. The van der Waals surface area contributed by atoms with E-state index in [2.05, 4.69) is 21.0 Å². The first kappa shape index (κ1) is 28.6. The minimum atomic E-state index is -0.519. The maximum atomic E-state index is 13.7. The molecule has 1 heterocycles. The lowest BCUT2D eigenvalue weighted by Gasteiger charge is -2.15. The molecule has 0 spiro atoms. The first-order valence-electron chi connectivity index (χ1n) is 12.8. The van der Waals surface area contributed by atoms with Crippen molar-refractivity contribution in [2.75, 3.05) is 21.3 Å². The second kappa shape index (κ2) is 12.3. The van der Waals surface area contributed by atoms with Gasteiger partial charge in [0.25, 0.3) is 5.56 Å². The Balaban J connectivity index is 1.64. The molecule has 0 bridgehead atoms. The molecular formula is C32H26BrN3O6. The van der Waals surface area contributed by atoms with Crippen molar-refractivity contribution in [1.29, 1.82) is 0 Å². The maximum absolute atomic E-state index is 13.7. The molecule has 0 saturated carbocycles. The van der Waals surface area contributed by atoms with Crippen molar-refractivity contribution in [1.82, 2.24) is 9.66 Å². The number of methoxy groups -OCH3 is 3. The zero-order chi connectivity index (χ0) is 29.8. The Bertz CT molecular complexity index is 1860. The van der Waals surface area contributed by atoms with E-state index in [0.29, 0.717) is 44.8 Å². The molecule has 0 aliphatic heterocycles. The van der Waals surface area contributed by atoms with Gasteiger partial charge in [-0.1, -0.05) is 45.8 Å². The summed E-state index contributed by atoms with van der Waals surface area (Å²) in [5.41, 5.74) is 2.50. The Labute approximate surface area is 250 Å². The van der Waals surface area contributed by atoms with Crippen LogP contribution in [0.4, 0.5) is 0 Å². The van der Waals surface area contributed by atoms with Crippen LogP contribution in [-0.2, 0) is 0 Å². The quantitative estimate of drug-likeness (QED) is 0.114. The number of para-hydroxylation sites is 1. The van der Waals surface area contributed by atoms with Gasteiger partial charge in [-0.15, -0.1) is 0 Å². The fourth-order valence-corrected chi connectivity index (χ4v) is 4.69. The number of rotatable bonds is 8. The molecule has 0 unspecified atom stereocenters. The molecule has 5 rings (SSSR count). The molecule has 4 aromatic carbocycles. The minimum Gasteiger partial charge on any atom is -0.493 e. The van der Waals surface area contributed by atoms with Gasteiger partial charge < -0.3 is 18.9 Å². The normalized spacial score (nSPS) is 11.1. The van der Waals surface area contributed by atoms with Crippen molar-refractivity contribution in [3.63, 3.8) is 0 Å². The van der Waals surface area contributed by atoms with Crippen molar-refractivity contribution in [2.45, 2.75) is 6.92 Å². The molecule has 42 heavy (non-hydrogen) atoms. The van der Waals surface area contributed by atoms with Gasteiger partial charge in [-0.3, -0.25) is 4.79 Å². The number of esters is 1. The summed E-state index contributed by atoms with van der Waals surface area (Å²) in [6.07, 6.45) is 1.45. The SMILES string of the molecule is COc1cc(-c2nc3ccccc3c(=O)n2N=Cc2cc(Br)ccc2OC(=O)c2ccc(C)cc2)cc(OC)c1OC. The number of aromatic nitrogens is 2. The van der Waals surface area contributed by atoms with E-state index < -0.39 is 11.5 Å². The number of ether oxygens (including phenoxy) is 4. The number of carbonyl (C=O) groups is 1. The van der Waals surface area contributed by atoms with Gasteiger partial charge in [0.1, 0.15) is 5.75 Å². The molecule has 9 nitrogen and oxygen atoms in total. The fraction of sp³-hybridized carbons (Fsp3) is 0.125. The molecule has 10 heteroatoms. The first-order valence-corrected chi connectivity index (χ1v) is 13.6. The van der Waals surface area contributed by atoms with E-state index in [1.165, 1.54) is 32.2 Å². The second-order valence-corrected chi connectivity index (χ2v) is 10.1. The standard InChI is InChI=1S/C32H26BrN3O6/c1-19-9-11-20(12-10-19)32(38)42-26-14-13-23(33)15-22(26)18-34-36-30(35-25-8-6-5-7-24(25)31(36)37)21-16-27(39-2)29(41-4)28(17-21)40-3/h5-18H,1-4H3. The first-order chi connectivity index (χ1) is 20.3. The van der Waals surface area contributed by atoms with Crippen LogP contribution in [-0.4, -0.2) is 43.2 Å². The van der Waals surface area contributed by atoms with Crippen LogP contribution in [0.2, 0.25) is 0 Å². The molecule has 1 aromatic heterocycles. The van der Waals surface area contributed by atoms with Crippen molar-refractivity contribution in [3.8, 4) is 34.4 Å². The zero-order valence-corrected chi connectivity index (χ0v) is 24.8. The summed E-state index contributed by atoms with van der Waals surface area (Å²) in [5, 5.41) is 4.92. The van der Waals surface area contributed by atoms with Gasteiger partial charge in [0.15, 0.2) is 17.3 Å². The van der Waals surface area contributed by atoms with Crippen molar-refractivity contribution >= 4 is 39.0 Å². The molecule has 0 aliphatic carbocycles. The van der Waals surface area contributed by atoms with Gasteiger partial charge in [0.2, 0.25) is 5.75 Å². The zero-order valence-electron chi connectivity index (χ0n) is 23.3. The van der Waals surface area contributed by atoms with E-state index in [0.717, 1.165) is 10.0 Å². The summed E-state index contributed by atoms with van der Waals surface area (Å²) < 4.78 is 24.1. The third kappa shape index (κ3) is 5.75. The summed E-state index contributed by atoms with van der Waals surface area (Å²) in [6, 6.07) is 22.6. The number of aryl methyl sites for hydroxylation is 1. The molecule has 0 saturated heterocycles. The van der Waals surface area contributed by atoms with E-state index in [-0.39, 0.29) is 11.6 Å². The lowest BCUT2D eigenvalue weighted by molar-refractivity contribution is 0.0734. The highest BCUT2D eigenvalue weighted by Crippen LogP contribution is 2.41. The topological polar surface area (TPSA) is 101 Å². The Morgan fingerprint density at radius 1 is 0.881 bits per heavy atom. The smallest absolute Gasteiger partial charge is 0.343 e. The Hall–Kier alpha value is -4.96. The summed E-state index contributed by atoms with van der Waals surface area (Å²) in [5.74, 6) is 1.17. The van der Waals surface area contributed by atoms with E-state index in [4.69, 9.17) is 23.9 Å². The van der Waals surface area contributed by atoms with Crippen LogP contribution in [0.15, 0.2) is 93.2 Å². The lowest BCUT2D eigenvalue weighted by Crippen LogP contribution is -2.20. The fourth-order valence-electron chi connectivity index (χ4n) is 4.31. The van der Waals surface area contributed by atoms with Crippen LogP contribution >= 0.6 is 15.9 Å². The van der Waals surface area contributed by atoms with Gasteiger partial charge in [-0.2, -0.15) is 9.78 Å². The highest BCUT2D eigenvalue weighted by atomic mass is 79.9. The van der Waals surface area contributed by atoms with Gasteiger partial charge in [0, 0.05) is 15.6 Å². The number of halogens is 1. The average Bonchev–Trinajstić information content (AvgIpc) is 3.01. The number of fused-ring (bicyclic) bond motifs is 1. The lowest BCUT2D eigenvalue weighted by atomic mass is 10.1. The molecule has 0 aliphatic rings. The van der Waals surface area contributed by atoms with Gasteiger partial charge in [-0.25, -0.2) is 9.78 Å². The summed E-state index contributed by atoms with van der Waals surface area (Å²) in [7, 11) is 4.52. The summed E-state index contributed by atoms with van der Waals surface area (Å²) >= 11 is 3.46. The Morgan fingerprint density at radius 2 is 1.57 bits per heavy atom. The summed E-state index contributed by atoms with van der Waals surface area (Å²) in [6.45, 7) is 1.94. The molecule has 0 amide bonds. The van der Waals surface area contributed by atoms with Gasteiger partial charge in [-0.05, 0) is 61.5 Å². The van der Waals surface area contributed by atoms with Crippen LogP contribution in [0.25, 0.3) is 22.3 Å². The van der Waals surface area contributed by atoms with E-state index in [1.807, 2.05) is 19.1 Å². The molecule has 212 valence electrons. The highest BCUT2D eigenvalue weighted by Gasteiger charge is 2.19. The van der Waals surface area contributed by atoms with E-state index in [9.17, 15) is 9.59 Å². The maximum Gasteiger partial charge on any atom is 0.343 e. The van der Waals surface area contributed by atoms with Crippen molar-refractivity contribution in [3.05, 3.63) is 110 Å². The van der Waals surface area contributed by atoms with Crippen LogP contribution < -0.4 is 24.5 Å². The summed E-state index contributed by atoms with van der Waals surface area (Å²) in [4.78, 5) is 31.4. The Morgan fingerprint density at radius 3 is 2.24 bits per heavy atom. The van der Waals surface area contributed by atoms with Crippen LogP contribution in [0.3, 0.4) is 0 Å². The Kier molecular flexibility index (Phi) is 8.35. The third-order valence-corrected chi connectivity index (χ3v) is 6.94. The second-order valence-electron chi connectivity index (χ2n) is 9.17. The van der Waals surface area contributed by atoms with Gasteiger partial charge in [0.05, 0.1) is 44.0 Å². The monoisotopic (exact) mass is 627 g/mol. The highest BCUT2D eigenvalue weighted by molar-refractivity contribution is 9.10. The largest absolute Gasteiger partial charge is 0.493 e. The minimum absolute atomic E-state index is 0.238. The molecule has 0 fully saturated rings. The van der Waals surface area contributed by atoms with Crippen LogP contribution in [0, 0.1) is 6.92 Å². The number of carbonyl (C=O) groups excluding carboxylic acids is 1.